The number of aryl methyl sites for hydroxylation is 1. The van der Waals surface area contributed by atoms with E-state index >= 15 is 0 Å². The summed E-state index contributed by atoms with van der Waals surface area (Å²) < 4.78 is 10.3. The van der Waals surface area contributed by atoms with Gasteiger partial charge in [-0.2, -0.15) is 0 Å². The molecular weight excluding hydrogens is 320 g/mol. The minimum atomic E-state index is -0.444. The standard InChI is InChI=1S/C19H20N2O4/c1-12-16(19(23)24-3)9-14(25-12)11-21(2)18(22)8-13-10-20-17-7-5-4-6-15(13)17/h4-7,9-10,20H,8,11H2,1-3H3. The van der Waals surface area contributed by atoms with E-state index in [2.05, 4.69) is 4.98 Å². The fraction of sp³-hybridized carbons (Fsp3) is 0.263. The maximum atomic E-state index is 12.5. The van der Waals surface area contributed by atoms with Crippen molar-refractivity contribution in [2.24, 2.45) is 0 Å². The maximum absolute atomic E-state index is 12.5. The summed E-state index contributed by atoms with van der Waals surface area (Å²) in [5.41, 5.74) is 2.35. The van der Waals surface area contributed by atoms with Gasteiger partial charge in [0.2, 0.25) is 5.91 Å². The van der Waals surface area contributed by atoms with Crippen LogP contribution in [0.1, 0.15) is 27.4 Å². The number of carbonyl (C=O) groups excluding carboxylic acids is 2. The number of likely N-dealkylation sites (N-methyl/N-ethyl adjacent to an activating group) is 1. The van der Waals surface area contributed by atoms with Crippen LogP contribution < -0.4 is 0 Å². The average molecular weight is 340 g/mol. The van der Waals surface area contributed by atoms with Crippen LogP contribution in [0.25, 0.3) is 10.9 Å². The Balaban J connectivity index is 1.70. The number of hydrogen-bond donors (Lipinski definition) is 1. The first-order chi connectivity index (χ1) is 12.0. The molecule has 0 radical (unpaired) electrons. The van der Waals surface area contributed by atoms with Gasteiger partial charge in [0.25, 0.3) is 0 Å². The highest BCUT2D eigenvalue weighted by atomic mass is 16.5. The maximum Gasteiger partial charge on any atom is 0.341 e. The molecule has 130 valence electrons. The first-order valence-electron chi connectivity index (χ1n) is 7.96. The number of furan rings is 1. The first kappa shape index (κ1) is 16.8. The van der Waals surface area contributed by atoms with Gasteiger partial charge in [-0.15, -0.1) is 0 Å². The molecule has 6 nitrogen and oxygen atoms in total. The number of amides is 1. The van der Waals surface area contributed by atoms with Crippen LogP contribution in [0.5, 0.6) is 0 Å². The number of aromatic amines is 1. The van der Waals surface area contributed by atoms with Crippen molar-refractivity contribution in [3.8, 4) is 0 Å². The van der Waals surface area contributed by atoms with Crippen LogP contribution in [0.15, 0.2) is 40.9 Å². The van der Waals surface area contributed by atoms with E-state index in [4.69, 9.17) is 9.15 Å². The molecule has 0 saturated carbocycles. The van der Waals surface area contributed by atoms with E-state index in [1.807, 2.05) is 30.5 Å². The van der Waals surface area contributed by atoms with Crippen LogP contribution in [-0.2, 0) is 22.5 Å². The van der Waals surface area contributed by atoms with Crippen LogP contribution in [0.4, 0.5) is 0 Å². The van der Waals surface area contributed by atoms with Crippen LogP contribution in [-0.4, -0.2) is 35.9 Å². The molecule has 0 unspecified atom stereocenters. The summed E-state index contributed by atoms with van der Waals surface area (Å²) in [6.07, 6.45) is 2.16. The number of hydrogen-bond acceptors (Lipinski definition) is 4. The van der Waals surface area contributed by atoms with Gasteiger partial charge in [-0.25, -0.2) is 4.79 Å². The Morgan fingerprint density at radius 1 is 1.28 bits per heavy atom. The molecule has 3 aromatic rings. The molecule has 2 aromatic heterocycles. The number of carbonyl (C=O) groups is 2. The van der Waals surface area contributed by atoms with Gasteiger partial charge < -0.3 is 19.0 Å². The van der Waals surface area contributed by atoms with Gasteiger partial charge in [0.15, 0.2) is 0 Å². The second kappa shape index (κ2) is 6.84. The Kier molecular flexibility index (Phi) is 4.61. The quantitative estimate of drug-likeness (QED) is 0.724. The summed E-state index contributed by atoms with van der Waals surface area (Å²) in [4.78, 5) is 28.9. The molecule has 0 atom stereocenters. The molecule has 0 bridgehead atoms. The van der Waals surface area contributed by atoms with Crippen molar-refractivity contribution in [2.45, 2.75) is 19.9 Å². The average Bonchev–Trinajstić information content (AvgIpc) is 3.18. The van der Waals surface area contributed by atoms with Gasteiger partial charge in [-0.3, -0.25) is 4.79 Å². The number of aromatic nitrogens is 1. The summed E-state index contributed by atoms with van der Waals surface area (Å²) in [6.45, 7) is 1.99. The largest absolute Gasteiger partial charge is 0.465 e. The topological polar surface area (TPSA) is 75.5 Å². The lowest BCUT2D eigenvalue weighted by Gasteiger charge is -2.15. The number of H-pyrrole nitrogens is 1. The Hall–Kier alpha value is -3.02. The highest BCUT2D eigenvalue weighted by molar-refractivity contribution is 5.91. The minimum absolute atomic E-state index is 0.0292. The molecule has 3 rings (SSSR count). The van der Waals surface area contributed by atoms with Gasteiger partial charge in [-0.1, -0.05) is 18.2 Å². The molecule has 0 spiro atoms. The molecule has 1 N–H and O–H groups in total. The third-order valence-corrected chi connectivity index (χ3v) is 4.21. The number of esters is 1. The first-order valence-corrected chi connectivity index (χ1v) is 7.96. The van der Waals surface area contributed by atoms with E-state index in [1.165, 1.54) is 7.11 Å². The summed E-state index contributed by atoms with van der Waals surface area (Å²) in [5.74, 6) is 0.561. The van der Waals surface area contributed by atoms with Crippen molar-refractivity contribution in [2.75, 3.05) is 14.2 Å². The predicted octanol–water partition coefficient (Wildman–Crippen LogP) is 3.06. The van der Waals surface area contributed by atoms with Gasteiger partial charge in [0.1, 0.15) is 17.1 Å². The lowest BCUT2D eigenvalue weighted by atomic mass is 10.1. The zero-order chi connectivity index (χ0) is 18.0. The number of fused-ring (bicyclic) bond motifs is 1. The monoisotopic (exact) mass is 340 g/mol. The number of para-hydroxylation sites is 1. The van der Waals surface area contributed by atoms with Gasteiger partial charge in [-0.05, 0) is 24.6 Å². The van der Waals surface area contributed by atoms with Crippen molar-refractivity contribution in [3.63, 3.8) is 0 Å². The second-order valence-corrected chi connectivity index (χ2v) is 5.96. The molecule has 0 aliphatic rings. The number of methoxy groups -OCH3 is 1. The lowest BCUT2D eigenvalue weighted by molar-refractivity contribution is -0.129. The molecule has 0 aliphatic heterocycles. The summed E-state index contributed by atoms with van der Waals surface area (Å²) >= 11 is 0. The molecule has 0 saturated heterocycles. The van der Waals surface area contributed by atoms with Crippen molar-refractivity contribution in [3.05, 3.63) is 59.2 Å². The Labute approximate surface area is 145 Å². The number of ether oxygens (including phenoxy) is 1. The third kappa shape index (κ3) is 3.42. The van der Waals surface area contributed by atoms with Gasteiger partial charge in [0.05, 0.1) is 20.1 Å². The highest BCUT2D eigenvalue weighted by Gasteiger charge is 2.18. The van der Waals surface area contributed by atoms with Crippen LogP contribution in [0.2, 0.25) is 0 Å². The Morgan fingerprint density at radius 3 is 2.80 bits per heavy atom. The molecule has 1 aromatic carbocycles. The summed E-state index contributed by atoms with van der Waals surface area (Å²) in [5, 5.41) is 1.05. The zero-order valence-electron chi connectivity index (χ0n) is 14.5. The molecule has 1 amide bonds. The second-order valence-electron chi connectivity index (χ2n) is 5.96. The number of benzene rings is 1. The molecular formula is C19H20N2O4. The molecule has 2 heterocycles. The molecule has 6 heteroatoms. The molecule has 0 aliphatic carbocycles. The zero-order valence-corrected chi connectivity index (χ0v) is 14.5. The van der Waals surface area contributed by atoms with Crippen molar-refractivity contribution in [1.82, 2.24) is 9.88 Å². The summed E-state index contributed by atoms with van der Waals surface area (Å²) in [6, 6.07) is 9.50. The lowest BCUT2D eigenvalue weighted by Crippen LogP contribution is -2.27. The van der Waals surface area contributed by atoms with E-state index in [1.54, 1.807) is 24.9 Å². The molecule has 0 fully saturated rings. The van der Waals surface area contributed by atoms with Crippen molar-refractivity contribution < 1.29 is 18.7 Å². The smallest absolute Gasteiger partial charge is 0.341 e. The minimum Gasteiger partial charge on any atom is -0.465 e. The Morgan fingerprint density at radius 2 is 2.04 bits per heavy atom. The summed E-state index contributed by atoms with van der Waals surface area (Å²) in [7, 11) is 3.04. The number of nitrogens with zero attached hydrogens (tertiary/aromatic N) is 1. The number of rotatable bonds is 5. The fourth-order valence-corrected chi connectivity index (χ4v) is 2.83. The molecule has 25 heavy (non-hydrogen) atoms. The fourth-order valence-electron chi connectivity index (χ4n) is 2.83. The van der Waals surface area contributed by atoms with Gasteiger partial charge in [0, 0.05) is 24.1 Å². The number of nitrogens with one attached hydrogen (secondary N) is 1. The van der Waals surface area contributed by atoms with Gasteiger partial charge >= 0.3 is 5.97 Å². The van der Waals surface area contributed by atoms with Crippen LogP contribution in [0.3, 0.4) is 0 Å². The van der Waals surface area contributed by atoms with E-state index in [9.17, 15) is 9.59 Å². The predicted molar refractivity (Wildman–Crippen MR) is 93.3 cm³/mol. The van der Waals surface area contributed by atoms with E-state index in [-0.39, 0.29) is 5.91 Å². The van der Waals surface area contributed by atoms with Crippen molar-refractivity contribution in [1.29, 1.82) is 0 Å². The Bertz CT molecular complexity index is 923. The van der Waals surface area contributed by atoms with E-state index < -0.39 is 5.97 Å². The van der Waals surface area contributed by atoms with Crippen LogP contribution in [0, 0.1) is 6.92 Å². The van der Waals surface area contributed by atoms with E-state index in [0.29, 0.717) is 30.0 Å². The van der Waals surface area contributed by atoms with Crippen LogP contribution >= 0.6 is 0 Å². The normalized spacial score (nSPS) is 10.8. The van der Waals surface area contributed by atoms with E-state index in [0.717, 1.165) is 16.5 Å². The SMILES string of the molecule is COC(=O)c1cc(CN(C)C(=O)Cc2c[nH]c3ccccc23)oc1C. The van der Waals surface area contributed by atoms with Crippen molar-refractivity contribution >= 4 is 22.8 Å². The highest BCUT2D eigenvalue weighted by Crippen LogP contribution is 2.20. The third-order valence-electron chi connectivity index (χ3n) is 4.21.